The molecule has 1 amide bonds. The minimum atomic E-state index is -3.54. The largest absolute Gasteiger partial charge is 0.325 e. The van der Waals surface area contributed by atoms with Gasteiger partial charge in [-0.25, -0.2) is 17.8 Å². The summed E-state index contributed by atoms with van der Waals surface area (Å²) in [5.74, 6) is -0.00815. The molecule has 4 rings (SSSR count). The highest BCUT2D eigenvalue weighted by Gasteiger charge is 2.28. The summed E-state index contributed by atoms with van der Waals surface area (Å²) in [6, 6.07) is 12.6. The predicted molar refractivity (Wildman–Crippen MR) is 129 cm³/mol. The zero-order valence-corrected chi connectivity index (χ0v) is 20.2. The van der Waals surface area contributed by atoms with E-state index >= 15 is 0 Å². The number of rotatable bonds is 6. The molecule has 0 aliphatic carbocycles. The summed E-state index contributed by atoms with van der Waals surface area (Å²) in [6.07, 6.45) is 1.75. The number of nitrogens with zero attached hydrogens (tertiary/aromatic N) is 2. The van der Waals surface area contributed by atoms with E-state index in [0.29, 0.717) is 35.2 Å². The summed E-state index contributed by atoms with van der Waals surface area (Å²) in [4.78, 5) is 17.1. The third-order valence-electron chi connectivity index (χ3n) is 5.80. The van der Waals surface area contributed by atoms with Gasteiger partial charge in [0.1, 0.15) is 5.82 Å². The van der Waals surface area contributed by atoms with Crippen molar-refractivity contribution < 1.29 is 17.6 Å². The number of sulfonamides is 1. The number of pyridine rings is 1. The second kappa shape index (κ2) is 9.79. The van der Waals surface area contributed by atoms with Gasteiger partial charge in [-0.3, -0.25) is 4.79 Å². The third-order valence-corrected chi connectivity index (χ3v) is 8.61. The number of carbonyl (C=O) groups excluding carboxylic acids is 1. The molecule has 0 bridgehead atoms. The summed E-state index contributed by atoms with van der Waals surface area (Å²) < 4.78 is 41.0. The van der Waals surface area contributed by atoms with Gasteiger partial charge in [-0.05, 0) is 73.7 Å². The van der Waals surface area contributed by atoms with E-state index in [1.807, 2.05) is 13.0 Å². The van der Waals surface area contributed by atoms with E-state index in [0.717, 1.165) is 23.8 Å². The lowest BCUT2D eigenvalue weighted by Crippen LogP contribution is -2.37. The third kappa shape index (κ3) is 5.54. The molecule has 2 aromatic carbocycles. The number of hydrogen-bond donors (Lipinski definition) is 1. The van der Waals surface area contributed by atoms with Crippen molar-refractivity contribution in [1.29, 1.82) is 0 Å². The molecule has 0 radical (unpaired) electrons. The summed E-state index contributed by atoms with van der Waals surface area (Å²) >= 11 is 1.27. The zero-order valence-electron chi connectivity index (χ0n) is 18.5. The van der Waals surface area contributed by atoms with Crippen molar-refractivity contribution >= 4 is 44.3 Å². The Morgan fingerprint density at radius 2 is 1.94 bits per heavy atom. The van der Waals surface area contributed by atoms with E-state index in [1.165, 1.54) is 30.0 Å². The summed E-state index contributed by atoms with van der Waals surface area (Å²) in [5.41, 5.74) is 1.96. The molecule has 1 N–H and O–H groups in total. The Balaban J connectivity index is 1.48. The van der Waals surface area contributed by atoms with E-state index in [9.17, 15) is 17.6 Å². The SMILES string of the molecule is Cc1cc(SCC(=O)Nc2cccc(F)c2)nc2ccc(S(=O)(=O)N3CCC(C)CC3)cc12. The van der Waals surface area contributed by atoms with Crippen molar-refractivity contribution in [2.45, 2.75) is 36.6 Å². The smallest absolute Gasteiger partial charge is 0.243 e. The van der Waals surface area contributed by atoms with Crippen molar-refractivity contribution in [1.82, 2.24) is 9.29 Å². The highest BCUT2D eigenvalue weighted by atomic mass is 32.2. The van der Waals surface area contributed by atoms with Crippen LogP contribution in [0.2, 0.25) is 0 Å². The molecular weight excluding hydrogens is 461 g/mol. The van der Waals surface area contributed by atoms with Gasteiger partial charge in [-0.15, -0.1) is 0 Å². The number of aryl methyl sites for hydroxylation is 1. The fraction of sp³-hybridized carbons (Fsp3) is 0.333. The number of thioether (sulfide) groups is 1. The second-order valence-electron chi connectivity index (χ2n) is 8.39. The lowest BCUT2D eigenvalue weighted by molar-refractivity contribution is -0.113. The summed E-state index contributed by atoms with van der Waals surface area (Å²) in [7, 11) is -3.54. The quantitative estimate of drug-likeness (QED) is 0.504. The first-order chi connectivity index (χ1) is 15.7. The van der Waals surface area contributed by atoms with Crippen LogP contribution in [-0.2, 0) is 14.8 Å². The molecule has 9 heteroatoms. The number of benzene rings is 2. The standard InChI is InChI=1S/C24H26FN3O3S2/c1-16-8-10-28(11-9-16)33(30,31)20-6-7-22-21(14-20)17(2)12-24(27-22)32-15-23(29)26-19-5-3-4-18(25)13-19/h3-7,12-14,16H,8-11,15H2,1-2H3,(H,26,29). The van der Waals surface area contributed by atoms with Crippen molar-refractivity contribution in [3.63, 3.8) is 0 Å². The summed E-state index contributed by atoms with van der Waals surface area (Å²) in [6.45, 7) is 5.15. The topological polar surface area (TPSA) is 79.4 Å². The van der Waals surface area contributed by atoms with Crippen molar-refractivity contribution in [2.24, 2.45) is 5.92 Å². The number of piperidine rings is 1. The van der Waals surface area contributed by atoms with E-state index in [2.05, 4.69) is 17.2 Å². The normalized spacial score (nSPS) is 15.6. The van der Waals surface area contributed by atoms with Gasteiger partial charge in [-0.1, -0.05) is 24.8 Å². The highest BCUT2D eigenvalue weighted by Crippen LogP contribution is 2.29. The number of halogens is 1. The molecule has 0 spiro atoms. The lowest BCUT2D eigenvalue weighted by Gasteiger charge is -2.29. The molecule has 1 saturated heterocycles. The van der Waals surface area contributed by atoms with Gasteiger partial charge in [0.15, 0.2) is 0 Å². The minimum Gasteiger partial charge on any atom is -0.325 e. The maximum atomic E-state index is 13.3. The number of hydrogen-bond acceptors (Lipinski definition) is 5. The molecule has 1 aliphatic rings. The van der Waals surface area contributed by atoms with E-state index < -0.39 is 15.8 Å². The molecule has 0 atom stereocenters. The number of fused-ring (bicyclic) bond motifs is 1. The van der Waals surface area contributed by atoms with Crippen LogP contribution in [0.1, 0.15) is 25.3 Å². The first-order valence-corrected chi connectivity index (χ1v) is 13.2. The Morgan fingerprint density at radius 1 is 1.18 bits per heavy atom. The molecule has 6 nitrogen and oxygen atoms in total. The molecule has 33 heavy (non-hydrogen) atoms. The van der Waals surface area contributed by atoms with Crippen LogP contribution in [0.5, 0.6) is 0 Å². The van der Waals surface area contributed by atoms with Gasteiger partial charge in [0.05, 0.1) is 21.2 Å². The Bertz CT molecular complexity index is 1290. The van der Waals surface area contributed by atoms with Gasteiger partial charge in [-0.2, -0.15) is 4.31 Å². The van der Waals surface area contributed by atoms with Crippen LogP contribution in [0.15, 0.2) is 58.5 Å². The highest BCUT2D eigenvalue weighted by molar-refractivity contribution is 7.99. The first-order valence-electron chi connectivity index (χ1n) is 10.8. The Hall–Kier alpha value is -2.49. The molecule has 2 heterocycles. The van der Waals surface area contributed by atoms with E-state index in [1.54, 1.807) is 28.6 Å². The van der Waals surface area contributed by atoms with Gasteiger partial charge in [0.2, 0.25) is 15.9 Å². The molecule has 1 aliphatic heterocycles. The maximum Gasteiger partial charge on any atom is 0.243 e. The zero-order chi connectivity index (χ0) is 23.6. The van der Waals surface area contributed by atoms with Gasteiger partial charge in [0.25, 0.3) is 0 Å². The second-order valence-corrected chi connectivity index (χ2v) is 11.3. The van der Waals surface area contributed by atoms with Crippen LogP contribution in [-0.4, -0.2) is 42.5 Å². The number of aromatic nitrogens is 1. The molecule has 1 aromatic heterocycles. The van der Waals surface area contributed by atoms with Crippen LogP contribution >= 0.6 is 11.8 Å². The van der Waals surface area contributed by atoms with Crippen LogP contribution in [0.25, 0.3) is 10.9 Å². The predicted octanol–water partition coefficient (Wildman–Crippen LogP) is 4.83. The van der Waals surface area contributed by atoms with Crippen LogP contribution < -0.4 is 5.32 Å². The Kier molecular flexibility index (Phi) is 7.02. The van der Waals surface area contributed by atoms with Crippen LogP contribution in [0, 0.1) is 18.7 Å². The van der Waals surface area contributed by atoms with Crippen molar-refractivity contribution in [3.8, 4) is 0 Å². The van der Waals surface area contributed by atoms with Crippen LogP contribution in [0.3, 0.4) is 0 Å². The number of nitrogens with one attached hydrogen (secondary N) is 1. The average Bonchev–Trinajstić information content (AvgIpc) is 2.78. The number of anilines is 1. The van der Waals surface area contributed by atoms with E-state index in [4.69, 9.17) is 0 Å². The molecule has 0 saturated carbocycles. The minimum absolute atomic E-state index is 0.119. The molecule has 174 valence electrons. The molecular formula is C24H26FN3O3S2. The van der Waals surface area contributed by atoms with Crippen molar-refractivity contribution in [2.75, 3.05) is 24.2 Å². The average molecular weight is 488 g/mol. The fourth-order valence-corrected chi connectivity index (χ4v) is 6.12. The Labute approximate surface area is 197 Å². The van der Waals surface area contributed by atoms with Gasteiger partial charge in [0, 0.05) is 24.2 Å². The molecule has 0 unspecified atom stereocenters. The summed E-state index contributed by atoms with van der Waals surface area (Å²) in [5, 5.41) is 4.10. The molecule has 3 aromatic rings. The van der Waals surface area contributed by atoms with Crippen LogP contribution in [0.4, 0.5) is 10.1 Å². The first kappa shape index (κ1) is 23.7. The number of amides is 1. The van der Waals surface area contributed by atoms with Gasteiger partial charge < -0.3 is 5.32 Å². The molecule has 1 fully saturated rings. The van der Waals surface area contributed by atoms with Crippen molar-refractivity contribution in [3.05, 3.63) is 59.9 Å². The van der Waals surface area contributed by atoms with E-state index in [-0.39, 0.29) is 16.6 Å². The number of carbonyl (C=O) groups is 1. The monoisotopic (exact) mass is 487 g/mol. The fourth-order valence-electron chi connectivity index (χ4n) is 3.85. The Morgan fingerprint density at radius 3 is 2.67 bits per heavy atom. The van der Waals surface area contributed by atoms with Gasteiger partial charge >= 0.3 is 0 Å². The maximum absolute atomic E-state index is 13.3. The lowest BCUT2D eigenvalue weighted by atomic mass is 10.0.